The molecule has 1 aliphatic rings. The van der Waals surface area contributed by atoms with Gasteiger partial charge in [0.2, 0.25) is 0 Å². The van der Waals surface area contributed by atoms with E-state index < -0.39 is 0 Å². The molecule has 1 amide bonds. The second-order valence-corrected chi connectivity index (χ2v) is 4.74. The highest BCUT2D eigenvalue weighted by atomic mass is 16.6. The third-order valence-corrected chi connectivity index (χ3v) is 3.54. The van der Waals surface area contributed by atoms with Gasteiger partial charge < -0.3 is 15.0 Å². The SMILES string of the molecule is Cc1nc2cc(N3CC(CN)OC3=O)ccc2n1C. The molecule has 0 saturated carbocycles. The molecule has 100 valence electrons. The van der Waals surface area contributed by atoms with Crippen molar-refractivity contribution < 1.29 is 9.53 Å². The number of cyclic esters (lactones) is 1. The molecular weight excluding hydrogens is 244 g/mol. The van der Waals surface area contributed by atoms with Gasteiger partial charge in [0.15, 0.2) is 0 Å². The second kappa shape index (κ2) is 4.24. The normalized spacial score (nSPS) is 19.2. The van der Waals surface area contributed by atoms with Gasteiger partial charge >= 0.3 is 6.09 Å². The van der Waals surface area contributed by atoms with Gasteiger partial charge in [0.1, 0.15) is 11.9 Å². The van der Waals surface area contributed by atoms with Crippen molar-refractivity contribution in [2.24, 2.45) is 12.8 Å². The third-order valence-electron chi connectivity index (χ3n) is 3.54. The summed E-state index contributed by atoms with van der Waals surface area (Å²) in [5, 5.41) is 0. The van der Waals surface area contributed by atoms with E-state index in [1.54, 1.807) is 4.90 Å². The number of benzene rings is 1. The molecular formula is C13H16N4O2. The summed E-state index contributed by atoms with van der Waals surface area (Å²) < 4.78 is 7.17. The summed E-state index contributed by atoms with van der Waals surface area (Å²) in [6, 6.07) is 5.78. The van der Waals surface area contributed by atoms with Crippen LogP contribution in [-0.2, 0) is 11.8 Å². The minimum Gasteiger partial charge on any atom is -0.443 e. The van der Waals surface area contributed by atoms with Gasteiger partial charge in [0, 0.05) is 19.3 Å². The summed E-state index contributed by atoms with van der Waals surface area (Å²) in [6.07, 6.45) is -0.573. The van der Waals surface area contributed by atoms with Crippen molar-refractivity contribution in [2.75, 3.05) is 18.0 Å². The molecule has 1 aliphatic heterocycles. The van der Waals surface area contributed by atoms with Crippen LogP contribution in [0.25, 0.3) is 11.0 Å². The number of amides is 1. The number of rotatable bonds is 2. The maximum Gasteiger partial charge on any atom is 0.414 e. The monoisotopic (exact) mass is 260 g/mol. The molecule has 1 atom stereocenters. The van der Waals surface area contributed by atoms with Crippen molar-refractivity contribution in [3.8, 4) is 0 Å². The van der Waals surface area contributed by atoms with Gasteiger partial charge in [-0.15, -0.1) is 0 Å². The van der Waals surface area contributed by atoms with Gasteiger partial charge in [-0.05, 0) is 25.1 Å². The highest BCUT2D eigenvalue weighted by Crippen LogP contribution is 2.25. The molecule has 2 heterocycles. The zero-order valence-electron chi connectivity index (χ0n) is 11.0. The number of nitrogens with two attached hydrogens (primary N) is 1. The summed E-state index contributed by atoms with van der Waals surface area (Å²) in [7, 11) is 1.97. The highest BCUT2D eigenvalue weighted by molar-refractivity contribution is 5.92. The van der Waals surface area contributed by atoms with Gasteiger partial charge in [-0.3, -0.25) is 4.90 Å². The van der Waals surface area contributed by atoms with Crippen LogP contribution in [0.15, 0.2) is 18.2 Å². The van der Waals surface area contributed by atoms with Crippen molar-refractivity contribution in [1.82, 2.24) is 9.55 Å². The predicted octanol–water partition coefficient (Wildman–Crippen LogP) is 1.17. The molecule has 19 heavy (non-hydrogen) atoms. The topological polar surface area (TPSA) is 73.4 Å². The summed E-state index contributed by atoms with van der Waals surface area (Å²) in [5.74, 6) is 0.941. The molecule has 1 saturated heterocycles. The Morgan fingerprint density at radius 2 is 2.32 bits per heavy atom. The molecule has 1 fully saturated rings. The molecule has 6 nitrogen and oxygen atoms in total. The first-order valence-corrected chi connectivity index (χ1v) is 6.21. The number of fused-ring (bicyclic) bond motifs is 1. The van der Waals surface area contributed by atoms with Gasteiger partial charge in [0.05, 0.1) is 17.6 Å². The first-order chi connectivity index (χ1) is 9.10. The summed E-state index contributed by atoms with van der Waals surface area (Å²) >= 11 is 0. The van der Waals surface area contributed by atoms with Crippen LogP contribution in [0, 0.1) is 6.92 Å². The fourth-order valence-corrected chi connectivity index (χ4v) is 2.33. The van der Waals surface area contributed by atoms with Gasteiger partial charge in [-0.1, -0.05) is 0 Å². The van der Waals surface area contributed by atoms with Gasteiger partial charge in [-0.2, -0.15) is 0 Å². The summed E-state index contributed by atoms with van der Waals surface area (Å²) in [5.41, 5.74) is 8.25. The van der Waals surface area contributed by atoms with Crippen LogP contribution in [0.4, 0.5) is 10.5 Å². The third kappa shape index (κ3) is 1.84. The first kappa shape index (κ1) is 12.0. The molecule has 0 bridgehead atoms. The number of anilines is 1. The zero-order valence-corrected chi connectivity index (χ0v) is 11.0. The minimum absolute atomic E-state index is 0.228. The Morgan fingerprint density at radius 3 is 3.00 bits per heavy atom. The Hall–Kier alpha value is -2.08. The van der Waals surface area contributed by atoms with E-state index in [1.165, 1.54) is 0 Å². The zero-order chi connectivity index (χ0) is 13.6. The predicted molar refractivity (Wildman–Crippen MR) is 72.1 cm³/mol. The standard InChI is InChI=1S/C13H16N4O2/c1-8-15-11-5-9(3-4-12(11)16(8)2)17-7-10(6-14)19-13(17)18/h3-5,10H,6-7,14H2,1-2H3. The molecule has 1 aromatic carbocycles. The van der Waals surface area contributed by atoms with E-state index in [4.69, 9.17) is 10.5 Å². The number of nitrogens with zero attached hydrogens (tertiary/aromatic N) is 3. The number of imidazole rings is 1. The maximum absolute atomic E-state index is 11.8. The lowest BCUT2D eigenvalue weighted by Gasteiger charge is -2.12. The smallest absolute Gasteiger partial charge is 0.414 e. The van der Waals surface area contributed by atoms with Crippen LogP contribution >= 0.6 is 0 Å². The largest absolute Gasteiger partial charge is 0.443 e. The number of carbonyl (C=O) groups excluding carboxylic acids is 1. The first-order valence-electron chi connectivity index (χ1n) is 6.21. The maximum atomic E-state index is 11.8. The number of hydrogen-bond acceptors (Lipinski definition) is 4. The van der Waals surface area contributed by atoms with Crippen LogP contribution < -0.4 is 10.6 Å². The van der Waals surface area contributed by atoms with E-state index in [-0.39, 0.29) is 12.2 Å². The van der Waals surface area contributed by atoms with Crippen LogP contribution in [0.3, 0.4) is 0 Å². The highest BCUT2D eigenvalue weighted by Gasteiger charge is 2.31. The van der Waals surface area contributed by atoms with E-state index in [0.717, 1.165) is 22.5 Å². The number of aromatic nitrogens is 2. The quantitative estimate of drug-likeness (QED) is 0.879. The summed E-state index contributed by atoms with van der Waals surface area (Å²) in [4.78, 5) is 17.8. The lowest BCUT2D eigenvalue weighted by atomic mass is 10.2. The number of carbonyl (C=O) groups is 1. The Morgan fingerprint density at radius 1 is 1.53 bits per heavy atom. The van der Waals surface area contributed by atoms with Gasteiger partial charge in [-0.25, -0.2) is 9.78 Å². The minimum atomic E-state index is -0.345. The number of ether oxygens (including phenoxy) is 1. The van der Waals surface area contributed by atoms with E-state index in [1.807, 2.05) is 36.7 Å². The molecule has 1 unspecified atom stereocenters. The Balaban J connectivity index is 2.00. The van der Waals surface area contributed by atoms with E-state index in [0.29, 0.717) is 13.1 Å². The molecule has 3 rings (SSSR count). The van der Waals surface area contributed by atoms with Crippen molar-refractivity contribution >= 4 is 22.8 Å². The Labute approximate surface area is 110 Å². The average Bonchev–Trinajstić information content (AvgIpc) is 2.91. The molecule has 0 spiro atoms. The molecule has 6 heteroatoms. The number of aryl methyl sites for hydroxylation is 2. The van der Waals surface area contributed by atoms with Crippen LogP contribution in [0.5, 0.6) is 0 Å². The van der Waals surface area contributed by atoms with Crippen LogP contribution in [0.2, 0.25) is 0 Å². The van der Waals surface area contributed by atoms with Gasteiger partial charge in [0.25, 0.3) is 0 Å². The van der Waals surface area contributed by atoms with Crippen molar-refractivity contribution in [1.29, 1.82) is 0 Å². The molecule has 1 aromatic heterocycles. The molecule has 2 aromatic rings. The fraction of sp³-hybridized carbons (Fsp3) is 0.385. The molecule has 2 N–H and O–H groups in total. The van der Waals surface area contributed by atoms with Crippen molar-refractivity contribution in [3.63, 3.8) is 0 Å². The van der Waals surface area contributed by atoms with Crippen molar-refractivity contribution in [3.05, 3.63) is 24.0 Å². The Kier molecular flexibility index (Phi) is 2.67. The van der Waals surface area contributed by atoms with Crippen LogP contribution in [-0.4, -0.2) is 34.8 Å². The number of hydrogen-bond donors (Lipinski definition) is 1. The summed E-state index contributed by atoms with van der Waals surface area (Å²) in [6.45, 7) is 2.79. The molecule has 0 aliphatic carbocycles. The van der Waals surface area contributed by atoms with E-state index in [2.05, 4.69) is 4.98 Å². The Bertz CT molecular complexity index is 649. The van der Waals surface area contributed by atoms with E-state index >= 15 is 0 Å². The lowest BCUT2D eigenvalue weighted by Crippen LogP contribution is -2.27. The average molecular weight is 260 g/mol. The van der Waals surface area contributed by atoms with Crippen molar-refractivity contribution in [2.45, 2.75) is 13.0 Å². The second-order valence-electron chi connectivity index (χ2n) is 4.74. The lowest BCUT2D eigenvalue weighted by molar-refractivity contribution is 0.145. The fourth-order valence-electron chi connectivity index (χ4n) is 2.33. The molecule has 0 radical (unpaired) electrons. The van der Waals surface area contributed by atoms with E-state index in [9.17, 15) is 4.79 Å². The van der Waals surface area contributed by atoms with Crippen LogP contribution in [0.1, 0.15) is 5.82 Å².